The normalized spacial score (nSPS) is 10.8. The van der Waals surface area contributed by atoms with E-state index in [9.17, 15) is 14.4 Å². The van der Waals surface area contributed by atoms with Gasteiger partial charge in [-0.3, -0.25) is 9.59 Å². The molecule has 2 aromatic carbocycles. The van der Waals surface area contributed by atoms with Crippen LogP contribution in [0.25, 0.3) is 0 Å². The van der Waals surface area contributed by atoms with Crippen LogP contribution in [-0.4, -0.2) is 54.5 Å². The molecule has 0 heterocycles. The average molecular weight is 456 g/mol. The quantitative estimate of drug-likeness (QED) is 0.366. The van der Waals surface area contributed by atoms with E-state index in [1.807, 2.05) is 41.5 Å². The first kappa shape index (κ1) is 25.9. The largest absolute Gasteiger partial charge is 0.490 e. The van der Waals surface area contributed by atoms with E-state index >= 15 is 0 Å². The summed E-state index contributed by atoms with van der Waals surface area (Å²) >= 11 is 0. The molecule has 0 saturated heterocycles. The van der Waals surface area contributed by atoms with Crippen LogP contribution < -0.4 is 9.47 Å². The zero-order valence-electron chi connectivity index (χ0n) is 20.2. The third-order valence-electron chi connectivity index (χ3n) is 4.92. The number of ketones is 1. The Labute approximate surface area is 195 Å². The fourth-order valence-electron chi connectivity index (χ4n) is 3.66. The lowest BCUT2D eigenvalue weighted by molar-refractivity contribution is -0.138. The first-order valence-electron chi connectivity index (χ1n) is 11.2. The third kappa shape index (κ3) is 6.57. The molecule has 0 atom stereocenters. The fraction of sp³-hybridized carbons (Fsp3) is 0.423. The smallest absolute Gasteiger partial charge is 0.339 e. The second-order valence-electron chi connectivity index (χ2n) is 7.97. The van der Waals surface area contributed by atoms with Gasteiger partial charge in [0.05, 0.1) is 18.8 Å². The standard InChI is InChI=1S/C26H33NO6/c1-7-31-22-14-13-19(15-23(22)32-8-2)25(29)20-11-9-10-12-21(20)26(30)33-16-24(28)27(17(3)4)18(5)6/h9-15,17-18H,7-8,16H2,1-6H3. The number of ether oxygens (including phenoxy) is 3. The van der Waals surface area contributed by atoms with Gasteiger partial charge >= 0.3 is 5.97 Å². The predicted molar refractivity (Wildman–Crippen MR) is 126 cm³/mol. The van der Waals surface area contributed by atoms with Gasteiger partial charge in [-0.1, -0.05) is 18.2 Å². The molecular weight excluding hydrogens is 422 g/mol. The topological polar surface area (TPSA) is 82.1 Å². The summed E-state index contributed by atoms with van der Waals surface area (Å²) in [7, 11) is 0. The Kier molecular flexibility index (Phi) is 9.45. The second-order valence-corrected chi connectivity index (χ2v) is 7.97. The van der Waals surface area contributed by atoms with E-state index in [1.165, 1.54) is 6.07 Å². The van der Waals surface area contributed by atoms with Crippen molar-refractivity contribution in [1.82, 2.24) is 4.90 Å². The van der Waals surface area contributed by atoms with Crippen molar-refractivity contribution < 1.29 is 28.6 Å². The van der Waals surface area contributed by atoms with Gasteiger partial charge in [0.25, 0.3) is 5.91 Å². The minimum atomic E-state index is -0.726. The van der Waals surface area contributed by atoms with Gasteiger partial charge < -0.3 is 19.1 Å². The molecule has 0 aliphatic heterocycles. The van der Waals surface area contributed by atoms with Crippen molar-refractivity contribution in [1.29, 1.82) is 0 Å². The zero-order valence-corrected chi connectivity index (χ0v) is 20.2. The molecule has 0 aliphatic rings. The van der Waals surface area contributed by atoms with Gasteiger partial charge in [-0.2, -0.15) is 0 Å². The van der Waals surface area contributed by atoms with Crippen LogP contribution in [0.4, 0.5) is 0 Å². The molecular formula is C26H33NO6. The number of rotatable bonds is 11. The average Bonchev–Trinajstić information content (AvgIpc) is 2.78. The second kappa shape index (κ2) is 12.0. The molecule has 2 aromatic rings. The highest BCUT2D eigenvalue weighted by molar-refractivity contribution is 6.14. The lowest BCUT2D eigenvalue weighted by Crippen LogP contribution is -2.44. The number of carbonyl (C=O) groups excluding carboxylic acids is 3. The van der Waals surface area contributed by atoms with E-state index in [-0.39, 0.29) is 34.9 Å². The number of amides is 1. The molecule has 1 amide bonds. The summed E-state index contributed by atoms with van der Waals surface area (Å²) in [5, 5.41) is 0. The Bertz CT molecular complexity index is 974. The molecule has 0 fully saturated rings. The molecule has 7 heteroatoms. The lowest BCUT2D eigenvalue weighted by atomic mass is 9.98. The fourth-order valence-corrected chi connectivity index (χ4v) is 3.66. The molecule has 0 N–H and O–H groups in total. The van der Waals surface area contributed by atoms with Crippen molar-refractivity contribution in [3.8, 4) is 11.5 Å². The van der Waals surface area contributed by atoms with Crippen molar-refractivity contribution >= 4 is 17.7 Å². The molecule has 0 radical (unpaired) electrons. The Morgan fingerprint density at radius 3 is 1.97 bits per heavy atom. The first-order valence-corrected chi connectivity index (χ1v) is 11.2. The monoisotopic (exact) mass is 455 g/mol. The Morgan fingerprint density at radius 1 is 0.818 bits per heavy atom. The minimum Gasteiger partial charge on any atom is -0.490 e. The van der Waals surface area contributed by atoms with Crippen molar-refractivity contribution in [2.45, 2.75) is 53.6 Å². The molecule has 0 spiro atoms. The summed E-state index contributed by atoms with van der Waals surface area (Å²) in [4.78, 5) is 40.2. The third-order valence-corrected chi connectivity index (χ3v) is 4.92. The van der Waals surface area contributed by atoms with Gasteiger partial charge in [-0.15, -0.1) is 0 Å². The van der Waals surface area contributed by atoms with Crippen LogP contribution in [0.2, 0.25) is 0 Å². The number of esters is 1. The Hall–Kier alpha value is -3.35. The van der Waals surface area contributed by atoms with E-state index in [0.717, 1.165) is 0 Å². The van der Waals surface area contributed by atoms with E-state index in [2.05, 4.69) is 0 Å². The number of benzene rings is 2. The molecule has 2 rings (SSSR count). The summed E-state index contributed by atoms with van der Waals surface area (Å²) in [6.07, 6.45) is 0. The molecule has 33 heavy (non-hydrogen) atoms. The summed E-state index contributed by atoms with van der Waals surface area (Å²) in [6, 6.07) is 11.3. The van der Waals surface area contributed by atoms with Gasteiger partial charge in [0.1, 0.15) is 0 Å². The maximum absolute atomic E-state index is 13.2. The van der Waals surface area contributed by atoms with E-state index in [0.29, 0.717) is 30.3 Å². The predicted octanol–water partition coefficient (Wildman–Crippen LogP) is 4.52. The van der Waals surface area contributed by atoms with E-state index < -0.39 is 12.6 Å². The van der Waals surface area contributed by atoms with Gasteiger partial charge in [-0.05, 0) is 65.8 Å². The van der Waals surface area contributed by atoms with E-state index in [4.69, 9.17) is 14.2 Å². The van der Waals surface area contributed by atoms with Crippen molar-refractivity contribution in [3.63, 3.8) is 0 Å². The molecule has 178 valence electrons. The summed E-state index contributed by atoms with van der Waals surface area (Å²) in [5.41, 5.74) is 0.637. The van der Waals surface area contributed by atoms with Crippen LogP contribution in [0.1, 0.15) is 67.8 Å². The number of hydrogen-bond donors (Lipinski definition) is 0. The maximum atomic E-state index is 13.2. The van der Waals surface area contributed by atoms with Crippen LogP contribution in [0.3, 0.4) is 0 Å². The van der Waals surface area contributed by atoms with Gasteiger partial charge in [0, 0.05) is 23.2 Å². The highest BCUT2D eigenvalue weighted by atomic mass is 16.5. The van der Waals surface area contributed by atoms with Crippen LogP contribution in [0, 0.1) is 0 Å². The van der Waals surface area contributed by atoms with Crippen LogP contribution in [-0.2, 0) is 9.53 Å². The highest BCUT2D eigenvalue weighted by Gasteiger charge is 2.24. The maximum Gasteiger partial charge on any atom is 0.339 e. The van der Waals surface area contributed by atoms with Crippen molar-refractivity contribution in [2.24, 2.45) is 0 Å². The summed E-state index contributed by atoms with van der Waals surface area (Å²) < 4.78 is 16.4. The molecule has 0 aliphatic carbocycles. The lowest BCUT2D eigenvalue weighted by Gasteiger charge is -2.30. The van der Waals surface area contributed by atoms with E-state index in [1.54, 1.807) is 41.3 Å². The SMILES string of the molecule is CCOc1ccc(C(=O)c2ccccc2C(=O)OCC(=O)N(C(C)C)C(C)C)cc1OCC. The molecule has 0 unspecified atom stereocenters. The number of hydrogen-bond acceptors (Lipinski definition) is 6. The number of carbonyl (C=O) groups is 3. The Balaban J connectivity index is 2.26. The molecule has 0 bridgehead atoms. The van der Waals surface area contributed by atoms with Gasteiger partial charge in [-0.25, -0.2) is 4.79 Å². The van der Waals surface area contributed by atoms with Crippen molar-refractivity contribution in [2.75, 3.05) is 19.8 Å². The zero-order chi connectivity index (χ0) is 24.5. The molecule has 0 saturated carbocycles. The Morgan fingerprint density at radius 2 is 1.39 bits per heavy atom. The summed E-state index contributed by atoms with van der Waals surface area (Å²) in [5.74, 6) is -0.370. The van der Waals surface area contributed by atoms with Crippen LogP contribution in [0.5, 0.6) is 11.5 Å². The van der Waals surface area contributed by atoms with Gasteiger partial charge in [0.15, 0.2) is 23.9 Å². The first-order chi connectivity index (χ1) is 15.7. The molecule has 7 nitrogen and oxygen atoms in total. The minimum absolute atomic E-state index is 0.0238. The number of nitrogens with zero attached hydrogens (tertiary/aromatic N) is 1. The van der Waals surface area contributed by atoms with Crippen LogP contribution in [0.15, 0.2) is 42.5 Å². The van der Waals surface area contributed by atoms with Gasteiger partial charge in [0.2, 0.25) is 0 Å². The summed E-state index contributed by atoms with van der Waals surface area (Å²) in [6.45, 7) is 11.8. The van der Waals surface area contributed by atoms with Crippen LogP contribution >= 0.6 is 0 Å². The molecule has 0 aromatic heterocycles. The highest BCUT2D eigenvalue weighted by Crippen LogP contribution is 2.30. The van der Waals surface area contributed by atoms with Crippen molar-refractivity contribution in [3.05, 3.63) is 59.2 Å².